The van der Waals surface area contributed by atoms with Gasteiger partial charge in [0.05, 0.1) is 8.07 Å². The van der Waals surface area contributed by atoms with Gasteiger partial charge >= 0.3 is 0 Å². The second-order valence-corrected chi connectivity index (χ2v) is 21.8. The molecule has 5 heteroatoms. The summed E-state index contributed by atoms with van der Waals surface area (Å²) < 4.78 is 0. The quantitative estimate of drug-likeness (QED) is 0.0496. The molecule has 0 aliphatic carbocycles. The summed E-state index contributed by atoms with van der Waals surface area (Å²) >= 11 is 0. The molecule has 38 heavy (non-hydrogen) atoms. The SMILES string of the molecule is C=CC[Si]CCC[Si](CCC[Si]CC=C)(CCC[Si]CC=C)CCCP(c1ccccc1)c1ccccc1. The molecule has 6 radical (unpaired) electrons. The number of allylic oxidation sites excluding steroid dienone is 3. The zero-order valence-electron chi connectivity index (χ0n) is 23.7. The highest BCUT2D eigenvalue weighted by Crippen LogP contribution is 2.39. The lowest BCUT2D eigenvalue weighted by Gasteiger charge is -2.33. The van der Waals surface area contributed by atoms with Crippen LogP contribution in [-0.4, -0.2) is 42.8 Å². The van der Waals surface area contributed by atoms with E-state index >= 15 is 0 Å². The van der Waals surface area contributed by atoms with Crippen molar-refractivity contribution in [2.24, 2.45) is 0 Å². The maximum Gasteiger partial charge on any atom is 0.0535 e. The summed E-state index contributed by atoms with van der Waals surface area (Å²) in [5.74, 6) is 0. The Kier molecular flexibility index (Phi) is 19.0. The Hall–Kier alpha value is -1.04. The summed E-state index contributed by atoms with van der Waals surface area (Å²) in [6.07, 6.45) is 13.4. The third-order valence-corrected chi connectivity index (χ3v) is 19.4. The normalized spacial score (nSPS) is 11.5. The predicted octanol–water partition coefficient (Wildman–Crippen LogP) is 9.31. The number of hydrogen-bond donors (Lipinski definition) is 0. The highest BCUT2D eigenvalue weighted by molar-refractivity contribution is 7.73. The second kappa shape index (κ2) is 21.7. The van der Waals surface area contributed by atoms with Gasteiger partial charge in [-0.05, 0) is 42.8 Å². The van der Waals surface area contributed by atoms with E-state index in [1.165, 1.54) is 74.2 Å². The van der Waals surface area contributed by atoms with Gasteiger partial charge in [0.1, 0.15) is 0 Å². The Morgan fingerprint density at radius 1 is 0.553 bits per heavy atom. The van der Waals surface area contributed by atoms with Crippen molar-refractivity contribution in [3.05, 3.63) is 98.6 Å². The van der Waals surface area contributed by atoms with Gasteiger partial charge in [0.2, 0.25) is 0 Å². The summed E-state index contributed by atoms with van der Waals surface area (Å²) in [7, 11) is 1.64. The molecule has 0 saturated carbocycles. The van der Waals surface area contributed by atoms with E-state index in [1.807, 2.05) is 0 Å². The molecule has 0 nitrogen and oxygen atoms in total. The van der Waals surface area contributed by atoms with E-state index in [9.17, 15) is 0 Å². The minimum atomic E-state index is -1.30. The van der Waals surface area contributed by atoms with Crippen molar-refractivity contribution >= 4 is 55.2 Å². The van der Waals surface area contributed by atoms with Crippen LogP contribution in [0.3, 0.4) is 0 Å². The van der Waals surface area contributed by atoms with Gasteiger partial charge in [0.25, 0.3) is 0 Å². The van der Waals surface area contributed by atoms with Crippen LogP contribution in [0.4, 0.5) is 0 Å². The third kappa shape index (κ3) is 13.8. The maximum absolute atomic E-state index is 3.95. The highest BCUT2D eigenvalue weighted by Gasteiger charge is 2.31. The molecule has 0 N–H and O–H groups in total. The van der Waals surface area contributed by atoms with Crippen molar-refractivity contribution in [3.8, 4) is 0 Å². The lowest BCUT2D eigenvalue weighted by Crippen LogP contribution is -2.34. The summed E-state index contributed by atoms with van der Waals surface area (Å²) in [4.78, 5) is 0. The molecule has 0 heterocycles. The first-order chi connectivity index (χ1) is 18.7. The molecule has 202 valence electrons. The fraction of sp³-hybridized carbons (Fsp3) is 0.455. The molecule has 0 spiro atoms. The van der Waals surface area contributed by atoms with Crippen molar-refractivity contribution in [2.75, 3.05) is 6.16 Å². The van der Waals surface area contributed by atoms with Crippen LogP contribution in [-0.2, 0) is 0 Å². The molecule has 2 rings (SSSR count). The van der Waals surface area contributed by atoms with Crippen LogP contribution < -0.4 is 10.6 Å². The average Bonchev–Trinajstić information content (AvgIpc) is 2.96. The molecule has 0 saturated heterocycles. The summed E-state index contributed by atoms with van der Waals surface area (Å²) in [6.45, 7) is 11.8. The number of benzene rings is 2. The molecule has 0 atom stereocenters. The summed E-state index contributed by atoms with van der Waals surface area (Å²) in [5.41, 5.74) is 0. The van der Waals surface area contributed by atoms with Crippen LogP contribution in [0.1, 0.15) is 25.7 Å². The second-order valence-electron chi connectivity index (χ2n) is 10.2. The Bertz CT molecular complexity index is 786. The van der Waals surface area contributed by atoms with Gasteiger partial charge < -0.3 is 0 Å². The first-order valence-electron chi connectivity index (χ1n) is 14.6. The Morgan fingerprint density at radius 2 is 0.921 bits per heavy atom. The van der Waals surface area contributed by atoms with Crippen LogP contribution in [0.5, 0.6) is 0 Å². The molecule has 0 aliphatic rings. The summed E-state index contributed by atoms with van der Waals surface area (Å²) in [5, 5.41) is 3.09. The molecule has 0 aromatic heterocycles. The van der Waals surface area contributed by atoms with Crippen LogP contribution in [0, 0.1) is 0 Å². The minimum absolute atomic E-state index is 0.274. The van der Waals surface area contributed by atoms with Gasteiger partial charge in [-0.2, -0.15) is 0 Å². The van der Waals surface area contributed by atoms with Gasteiger partial charge in [0.15, 0.2) is 0 Å². The number of rotatable bonds is 24. The third-order valence-electron chi connectivity index (χ3n) is 7.27. The van der Waals surface area contributed by atoms with Crippen molar-refractivity contribution in [1.29, 1.82) is 0 Å². The van der Waals surface area contributed by atoms with Crippen LogP contribution >= 0.6 is 7.92 Å². The van der Waals surface area contributed by atoms with Crippen LogP contribution in [0.25, 0.3) is 0 Å². The van der Waals surface area contributed by atoms with Crippen molar-refractivity contribution in [3.63, 3.8) is 0 Å². The Morgan fingerprint density at radius 3 is 1.29 bits per heavy atom. The lowest BCUT2D eigenvalue weighted by atomic mass is 10.4. The van der Waals surface area contributed by atoms with Gasteiger partial charge in [0, 0.05) is 28.6 Å². The predicted molar refractivity (Wildman–Crippen MR) is 184 cm³/mol. The standard InChI is InChI=1S/C33H49PSi4/c1-4-22-35-25-14-29-38(30-15-26-36-23-5-2,31-16-27-37-24-6-3)28-13-21-34(32-17-9-7-10-18-32)33-19-11-8-12-20-33/h4-12,17-20H,1-3,13-16,21-31H2. The molecule has 2 aromatic carbocycles. The largest absolute Gasteiger partial charge is 0.103 e. The van der Waals surface area contributed by atoms with Crippen molar-refractivity contribution in [1.82, 2.24) is 0 Å². The zero-order valence-corrected chi connectivity index (χ0v) is 28.6. The van der Waals surface area contributed by atoms with Gasteiger partial charge in [-0.25, -0.2) is 0 Å². The van der Waals surface area contributed by atoms with E-state index in [0.717, 1.165) is 28.6 Å². The van der Waals surface area contributed by atoms with E-state index in [1.54, 1.807) is 28.7 Å². The molecular weight excluding hydrogens is 540 g/mol. The van der Waals surface area contributed by atoms with Gasteiger partial charge in [-0.15, -0.1) is 19.7 Å². The number of hydrogen-bond acceptors (Lipinski definition) is 0. The van der Waals surface area contributed by atoms with Crippen molar-refractivity contribution in [2.45, 2.75) is 86.1 Å². The molecule has 0 fully saturated rings. The average molecular weight is 589 g/mol. The fourth-order valence-electron chi connectivity index (χ4n) is 5.36. The van der Waals surface area contributed by atoms with E-state index in [0.29, 0.717) is 0 Å². The van der Waals surface area contributed by atoms with E-state index in [2.05, 4.69) is 98.6 Å². The van der Waals surface area contributed by atoms with E-state index in [-0.39, 0.29) is 7.92 Å². The van der Waals surface area contributed by atoms with Crippen LogP contribution in [0.15, 0.2) is 98.6 Å². The monoisotopic (exact) mass is 588 g/mol. The molecule has 0 amide bonds. The highest BCUT2D eigenvalue weighted by atomic mass is 31.1. The molecule has 0 unspecified atom stereocenters. The first-order valence-corrected chi connectivity index (χ1v) is 23.2. The van der Waals surface area contributed by atoms with Crippen molar-refractivity contribution < 1.29 is 0 Å². The van der Waals surface area contributed by atoms with Gasteiger partial charge in [-0.1, -0.05) is 147 Å². The Labute approximate surface area is 245 Å². The zero-order chi connectivity index (χ0) is 27.2. The van der Waals surface area contributed by atoms with Crippen LogP contribution in [0.2, 0.25) is 60.4 Å². The molecule has 0 bridgehead atoms. The van der Waals surface area contributed by atoms with E-state index < -0.39 is 8.07 Å². The lowest BCUT2D eigenvalue weighted by molar-refractivity contribution is 0.877. The first kappa shape index (κ1) is 33.2. The molecule has 0 aliphatic heterocycles. The Balaban J connectivity index is 2.13. The minimum Gasteiger partial charge on any atom is -0.103 e. The topological polar surface area (TPSA) is 0 Å². The smallest absolute Gasteiger partial charge is 0.0535 e. The fourth-order valence-corrected chi connectivity index (χ4v) is 16.8. The van der Waals surface area contributed by atoms with E-state index in [4.69, 9.17) is 0 Å². The van der Waals surface area contributed by atoms with Gasteiger partial charge in [-0.3, -0.25) is 0 Å². The molecule has 2 aromatic rings. The maximum atomic E-state index is 3.95. The molecular formula is C33H49PSi4. The summed E-state index contributed by atoms with van der Waals surface area (Å²) in [6, 6.07) is 36.8.